The Kier molecular flexibility index (Phi) is 4.45. The second kappa shape index (κ2) is 7.21. The van der Waals surface area contributed by atoms with Gasteiger partial charge in [-0.1, -0.05) is 60.2 Å². The molecule has 0 bridgehead atoms. The van der Waals surface area contributed by atoms with Crippen LogP contribution >= 0.6 is 11.6 Å². The third-order valence-electron chi connectivity index (χ3n) is 7.41. The van der Waals surface area contributed by atoms with Crippen molar-refractivity contribution in [2.24, 2.45) is 5.41 Å². The normalized spacial score (nSPS) is 23.7. The summed E-state index contributed by atoms with van der Waals surface area (Å²) in [5.74, 6) is -2.01. The van der Waals surface area contributed by atoms with E-state index in [1.807, 2.05) is 23.1 Å². The van der Waals surface area contributed by atoms with Gasteiger partial charge in [-0.3, -0.25) is 14.4 Å². The number of ketones is 3. The molecule has 3 atom stereocenters. The zero-order valence-corrected chi connectivity index (χ0v) is 18.9. The lowest BCUT2D eigenvalue weighted by molar-refractivity contribution is -0.118. The van der Waals surface area contributed by atoms with Crippen LogP contribution in [-0.2, 0) is 4.79 Å². The van der Waals surface area contributed by atoms with Crippen LogP contribution in [0.4, 0.5) is 10.1 Å². The molecule has 3 aromatic carbocycles. The van der Waals surface area contributed by atoms with Gasteiger partial charge in [0.15, 0.2) is 17.3 Å². The molecular weight excluding hydrogens is 453 g/mol. The standard InChI is InChI=1S/C28H19ClFNO3/c1-15(32)25-24(16-6-10-19(30)11-7-16)28(26(33)20-4-2-3-5-21(20)27(28)34)23-13-8-17-14-18(29)9-12-22(17)31(23)25/h2-14,23-25H,1H3/t23-,24-,25+/m0/s1. The van der Waals surface area contributed by atoms with Gasteiger partial charge < -0.3 is 4.90 Å². The van der Waals surface area contributed by atoms with Gasteiger partial charge in [-0.05, 0) is 48.4 Å². The fourth-order valence-electron chi connectivity index (χ4n) is 6.14. The number of fused-ring (bicyclic) bond motifs is 5. The van der Waals surface area contributed by atoms with Crippen LogP contribution < -0.4 is 4.90 Å². The van der Waals surface area contributed by atoms with Gasteiger partial charge in [-0.25, -0.2) is 4.39 Å². The molecule has 4 nitrogen and oxygen atoms in total. The first-order valence-electron chi connectivity index (χ1n) is 11.1. The summed E-state index contributed by atoms with van der Waals surface area (Å²) in [6, 6.07) is 16.4. The lowest BCUT2D eigenvalue weighted by atomic mass is 9.64. The van der Waals surface area contributed by atoms with E-state index in [2.05, 4.69) is 0 Å². The van der Waals surface area contributed by atoms with Gasteiger partial charge in [-0.2, -0.15) is 0 Å². The highest BCUT2D eigenvalue weighted by Crippen LogP contribution is 2.60. The van der Waals surface area contributed by atoms with E-state index in [-0.39, 0.29) is 17.3 Å². The quantitative estimate of drug-likeness (QED) is 0.463. The molecule has 2 heterocycles. The Hall–Kier alpha value is -3.57. The molecule has 6 heteroatoms. The summed E-state index contributed by atoms with van der Waals surface area (Å²) < 4.78 is 13.9. The van der Waals surface area contributed by atoms with Crippen molar-refractivity contribution < 1.29 is 18.8 Å². The van der Waals surface area contributed by atoms with E-state index in [0.717, 1.165) is 11.3 Å². The van der Waals surface area contributed by atoms with Crippen molar-refractivity contribution in [1.29, 1.82) is 0 Å². The third kappa shape index (κ3) is 2.56. The van der Waals surface area contributed by atoms with Gasteiger partial charge in [-0.15, -0.1) is 0 Å². The molecule has 1 spiro atoms. The zero-order chi connectivity index (χ0) is 23.8. The number of halogens is 2. The van der Waals surface area contributed by atoms with Crippen molar-refractivity contribution in [1.82, 2.24) is 0 Å². The Bertz CT molecular complexity index is 1390. The van der Waals surface area contributed by atoms with E-state index >= 15 is 0 Å². The maximum Gasteiger partial charge on any atom is 0.180 e. The lowest BCUT2D eigenvalue weighted by Gasteiger charge is -2.37. The van der Waals surface area contributed by atoms with Crippen LogP contribution in [0.15, 0.2) is 72.8 Å². The van der Waals surface area contributed by atoms with Gasteiger partial charge in [0.2, 0.25) is 0 Å². The van der Waals surface area contributed by atoms with Crippen molar-refractivity contribution >= 4 is 40.7 Å². The SMILES string of the molecule is CC(=O)[C@@H]1[C@H](c2ccc(F)cc2)C2(C(=O)c3ccccc3C2=O)[C@@H]2C=Cc3cc(Cl)ccc3N12. The Morgan fingerprint density at radius 1 is 0.971 bits per heavy atom. The van der Waals surface area contributed by atoms with Crippen LogP contribution in [0.5, 0.6) is 0 Å². The van der Waals surface area contributed by atoms with E-state index in [1.165, 1.54) is 19.1 Å². The Labute approximate surface area is 200 Å². The van der Waals surface area contributed by atoms with Crippen molar-refractivity contribution in [3.8, 4) is 0 Å². The summed E-state index contributed by atoms with van der Waals surface area (Å²) in [6.45, 7) is 1.47. The van der Waals surface area contributed by atoms with Crippen molar-refractivity contribution in [2.75, 3.05) is 4.90 Å². The van der Waals surface area contributed by atoms with Crippen molar-refractivity contribution in [3.05, 3.63) is 106 Å². The van der Waals surface area contributed by atoms with E-state index in [4.69, 9.17) is 11.6 Å². The first-order chi connectivity index (χ1) is 16.4. The molecule has 0 radical (unpaired) electrons. The van der Waals surface area contributed by atoms with Gasteiger partial charge in [0.05, 0.1) is 12.1 Å². The molecule has 3 aliphatic rings. The Morgan fingerprint density at radius 2 is 1.62 bits per heavy atom. The van der Waals surface area contributed by atoms with Crippen LogP contribution in [0.2, 0.25) is 5.02 Å². The van der Waals surface area contributed by atoms with Gasteiger partial charge in [0.1, 0.15) is 11.2 Å². The molecule has 168 valence electrons. The molecule has 0 unspecified atom stereocenters. The molecule has 0 aromatic heterocycles. The summed E-state index contributed by atoms with van der Waals surface area (Å²) in [7, 11) is 0. The number of Topliss-reactive ketones (excluding diaryl/α,β-unsaturated/α-hetero) is 3. The van der Waals surface area contributed by atoms with Gasteiger partial charge >= 0.3 is 0 Å². The number of carbonyl (C=O) groups is 3. The van der Waals surface area contributed by atoms with Gasteiger partial charge in [0, 0.05) is 27.8 Å². The summed E-state index contributed by atoms with van der Waals surface area (Å²) in [6.07, 6.45) is 3.69. The summed E-state index contributed by atoms with van der Waals surface area (Å²) in [5, 5.41) is 0.547. The molecule has 1 saturated heterocycles. The molecule has 34 heavy (non-hydrogen) atoms. The average molecular weight is 472 g/mol. The Morgan fingerprint density at radius 3 is 2.24 bits per heavy atom. The average Bonchev–Trinajstić information content (AvgIpc) is 3.26. The van der Waals surface area contributed by atoms with E-state index < -0.39 is 29.2 Å². The highest BCUT2D eigenvalue weighted by atomic mass is 35.5. The first-order valence-corrected chi connectivity index (χ1v) is 11.4. The van der Waals surface area contributed by atoms with E-state index in [0.29, 0.717) is 21.7 Å². The molecule has 6 rings (SSSR count). The second-order valence-corrected chi connectivity index (χ2v) is 9.51. The molecule has 0 N–H and O–H groups in total. The van der Waals surface area contributed by atoms with E-state index in [1.54, 1.807) is 48.5 Å². The topological polar surface area (TPSA) is 54.5 Å². The summed E-state index contributed by atoms with van der Waals surface area (Å²) >= 11 is 6.22. The number of benzene rings is 3. The number of nitrogens with zero attached hydrogens (tertiary/aromatic N) is 1. The van der Waals surface area contributed by atoms with E-state index in [9.17, 15) is 18.8 Å². The smallest absolute Gasteiger partial charge is 0.180 e. The van der Waals surface area contributed by atoms with Crippen LogP contribution in [0.25, 0.3) is 6.08 Å². The number of carbonyl (C=O) groups excluding carboxylic acids is 3. The molecule has 0 amide bonds. The van der Waals surface area contributed by atoms with Crippen LogP contribution in [0.1, 0.15) is 44.7 Å². The first kappa shape index (κ1) is 21.0. The number of hydrogen-bond acceptors (Lipinski definition) is 4. The number of hydrogen-bond donors (Lipinski definition) is 0. The third-order valence-corrected chi connectivity index (χ3v) is 7.65. The maximum atomic E-state index is 14.2. The molecule has 1 fully saturated rings. The predicted octanol–water partition coefficient (Wildman–Crippen LogP) is 5.50. The second-order valence-electron chi connectivity index (χ2n) is 9.07. The van der Waals surface area contributed by atoms with Crippen LogP contribution in [0, 0.1) is 11.2 Å². The minimum Gasteiger partial charge on any atom is -0.352 e. The van der Waals surface area contributed by atoms with Crippen molar-refractivity contribution in [2.45, 2.75) is 24.9 Å². The van der Waals surface area contributed by atoms with Crippen LogP contribution in [-0.4, -0.2) is 29.4 Å². The molecule has 2 aliphatic heterocycles. The highest BCUT2D eigenvalue weighted by molar-refractivity contribution is 6.32. The zero-order valence-electron chi connectivity index (χ0n) is 18.2. The lowest BCUT2D eigenvalue weighted by Crippen LogP contribution is -2.48. The van der Waals surface area contributed by atoms with Crippen molar-refractivity contribution in [3.63, 3.8) is 0 Å². The minimum atomic E-state index is -1.55. The predicted molar refractivity (Wildman–Crippen MR) is 128 cm³/mol. The van der Waals surface area contributed by atoms with Crippen LogP contribution in [0.3, 0.4) is 0 Å². The summed E-state index contributed by atoms with van der Waals surface area (Å²) in [4.78, 5) is 43.5. The molecule has 0 saturated carbocycles. The monoisotopic (exact) mass is 471 g/mol. The van der Waals surface area contributed by atoms with Gasteiger partial charge in [0.25, 0.3) is 0 Å². The minimum absolute atomic E-state index is 0.177. The fourth-order valence-corrected chi connectivity index (χ4v) is 6.32. The number of rotatable bonds is 2. The highest BCUT2D eigenvalue weighted by Gasteiger charge is 2.71. The summed E-state index contributed by atoms with van der Waals surface area (Å²) in [5.41, 5.74) is 1.29. The molecular formula is C28H19ClFNO3. The largest absolute Gasteiger partial charge is 0.352 e. The molecule has 3 aromatic rings. The maximum absolute atomic E-state index is 14.2. The Balaban J connectivity index is 1.68. The number of anilines is 1. The molecule has 1 aliphatic carbocycles. The fraction of sp³-hybridized carbons (Fsp3) is 0.179.